The van der Waals surface area contributed by atoms with Crippen LogP contribution in [-0.4, -0.2) is 15.8 Å². The first-order valence-corrected chi connectivity index (χ1v) is 5.66. The van der Waals surface area contributed by atoms with Gasteiger partial charge in [-0.2, -0.15) is 0 Å². The van der Waals surface area contributed by atoms with E-state index in [1.165, 1.54) is 0 Å². The van der Waals surface area contributed by atoms with E-state index in [-0.39, 0.29) is 5.56 Å². The Labute approximate surface area is 85.8 Å². The van der Waals surface area contributed by atoms with E-state index in [9.17, 15) is 4.79 Å². The minimum absolute atomic E-state index is 0.00514. The molecule has 0 aromatic carbocycles. The van der Waals surface area contributed by atoms with Crippen LogP contribution in [0.1, 0.15) is 0 Å². The average molecular weight is 206 g/mol. The highest BCUT2D eigenvalue weighted by atomic mass is 32.2. The predicted octanol–water partition coefficient (Wildman–Crippen LogP) is 1.72. The van der Waals surface area contributed by atoms with E-state index in [0.29, 0.717) is 5.88 Å². The van der Waals surface area contributed by atoms with E-state index in [1.807, 2.05) is 24.5 Å². The van der Waals surface area contributed by atoms with Crippen molar-refractivity contribution >= 4 is 22.8 Å². The predicted molar refractivity (Wildman–Crippen MR) is 59.5 cm³/mol. The van der Waals surface area contributed by atoms with Crippen LogP contribution in [0.4, 0.5) is 0 Å². The van der Waals surface area contributed by atoms with Crippen LogP contribution in [0.2, 0.25) is 0 Å². The molecule has 14 heavy (non-hydrogen) atoms. The lowest BCUT2D eigenvalue weighted by molar-refractivity contribution is 0.868. The fourth-order valence-electron chi connectivity index (χ4n) is 1.37. The molecule has 0 aliphatic rings. The smallest absolute Gasteiger partial charge is 0.252 e. The third-order valence-electron chi connectivity index (χ3n) is 2.00. The fourth-order valence-corrected chi connectivity index (χ4v) is 1.88. The molecule has 2 rings (SSSR count). The van der Waals surface area contributed by atoms with Crippen molar-refractivity contribution in [1.82, 2.24) is 9.55 Å². The van der Waals surface area contributed by atoms with Crippen molar-refractivity contribution in [1.29, 1.82) is 0 Å². The maximum Gasteiger partial charge on any atom is 0.252 e. The molecule has 72 valence electrons. The topological polar surface area (TPSA) is 34.9 Å². The molecule has 0 amide bonds. The van der Waals surface area contributed by atoms with Crippen LogP contribution >= 0.6 is 11.8 Å². The molecular weight excluding hydrogens is 196 g/mol. The lowest BCUT2D eigenvalue weighted by atomic mass is 10.3. The lowest BCUT2D eigenvalue weighted by Crippen LogP contribution is -2.18. The van der Waals surface area contributed by atoms with Crippen molar-refractivity contribution in [2.75, 3.05) is 6.26 Å². The van der Waals surface area contributed by atoms with Gasteiger partial charge in [0.15, 0.2) is 0 Å². The molecule has 0 aliphatic heterocycles. The molecule has 0 spiro atoms. The second-order valence-electron chi connectivity index (χ2n) is 2.93. The van der Waals surface area contributed by atoms with E-state index in [4.69, 9.17) is 0 Å². The Kier molecular flexibility index (Phi) is 2.54. The van der Waals surface area contributed by atoms with E-state index in [2.05, 4.69) is 4.98 Å². The Morgan fingerprint density at radius 1 is 1.43 bits per heavy atom. The zero-order valence-corrected chi connectivity index (χ0v) is 8.62. The van der Waals surface area contributed by atoms with E-state index in [0.717, 1.165) is 11.0 Å². The molecule has 0 fully saturated rings. The monoisotopic (exact) mass is 206 g/mol. The summed E-state index contributed by atoms with van der Waals surface area (Å²) in [5.74, 6) is 0.646. The van der Waals surface area contributed by atoms with Gasteiger partial charge in [-0.3, -0.25) is 9.36 Å². The first-order valence-electron chi connectivity index (χ1n) is 4.26. The molecular formula is C10H10N2OS. The van der Waals surface area contributed by atoms with Gasteiger partial charge in [-0.1, -0.05) is 0 Å². The number of hydrogen-bond acceptors (Lipinski definition) is 3. The Bertz CT molecular complexity index is 507. The van der Waals surface area contributed by atoms with Crippen LogP contribution in [0.3, 0.4) is 0 Å². The van der Waals surface area contributed by atoms with Crippen molar-refractivity contribution in [2.45, 2.75) is 5.88 Å². The largest absolute Gasteiger partial charge is 0.283 e. The number of thioether (sulfide) groups is 1. The maximum atomic E-state index is 11.5. The van der Waals surface area contributed by atoms with Gasteiger partial charge in [0, 0.05) is 17.6 Å². The summed E-state index contributed by atoms with van der Waals surface area (Å²) in [6.45, 7) is 0. The van der Waals surface area contributed by atoms with E-state index in [1.54, 1.807) is 28.6 Å². The highest BCUT2D eigenvalue weighted by Crippen LogP contribution is 2.09. The summed E-state index contributed by atoms with van der Waals surface area (Å²) in [4.78, 5) is 15.7. The minimum atomic E-state index is 0.00514. The van der Waals surface area contributed by atoms with Gasteiger partial charge in [-0.05, 0) is 24.5 Å². The molecule has 2 heterocycles. The second kappa shape index (κ2) is 3.84. The number of nitrogens with zero attached hydrogens (tertiary/aromatic N) is 2. The fraction of sp³-hybridized carbons (Fsp3) is 0.200. The summed E-state index contributed by atoms with van der Waals surface area (Å²) in [7, 11) is 0. The summed E-state index contributed by atoms with van der Waals surface area (Å²) in [6, 6.07) is 7.22. The molecule has 3 nitrogen and oxygen atoms in total. The molecule has 0 atom stereocenters. The van der Waals surface area contributed by atoms with Crippen LogP contribution in [0, 0.1) is 0 Å². The number of hydrogen-bond donors (Lipinski definition) is 0. The molecule has 2 aromatic heterocycles. The Hall–Kier alpha value is -1.29. The molecule has 0 N–H and O–H groups in total. The molecule has 0 bridgehead atoms. The highest BCUT2D eigenvalue weighted by Gasteiger charge is 2.01. The zero-order valence-electron chi connectivity index (χ0n) is 7.80. The maximum absolute atomic E-state index is 11.5. The first-order chi connectivity index (χ1) is 6.83. The minimum Gasteiger partial charge on any atom is -0.283 e. The zero-order chi connectivity index (χ0) is 9.97. The molecule has 0 aliphatic carbocycles. The van der Waals surface area contributed by atoms with E-state index >= 15 is 0 Å². The van der Waals surface area contributed by atoms with Gasteiger partial charge in [-0.15, -0.1) is 11.8 Å². The van der Waals surface area contributed by atoms with Crippen molar-refractivity contribution in [3.63, 3.8) is 0 Å². The van der Waals surface area contributed by atoms with Gasteiger partial charge < -0.3 is 0 Å². The molecule has 0 unspecified atom stereocenters. The summed E-state index contributed by atoms with van der Waals surface area (Å²) < 4.78 is 1.68. The first kappa shape index (κ1) is 9.27. The van der Waals surface area contributed by atoms with Crippen LogP contribution in [-0.2, 0) is 5.88 Å². The number of fused-ring (bicyclic) bond motifs is 1. The van der Waals surface area contributed by atoms with Crippen molar-refractivity contribution in [2.24, 2.45) is 0 Å². The number of aromatic nitrogens is 2. The van der Waals surface area contributed by atoms with Crippen molar-refractivity contribution in [3.8, 4) is 0 Å². The molecule has 2 aromatic rings. The Morgan fingerprint density at radius 2 is 2.29 bits per heavy atom. The molecule has 0 radical (unpaired) electrons. The quantitative estimate of drug-likeness (QED) is 0.750. The van der Waals surface area contributed by atoms with Crippen LogP contribution < -0.4 is 5.56 Å². The standard InChI is InChI=1S/C10H10N2OS/c1-14-7-12-9(13)5-4-8-3-2-6-11-10(8)12/h2-6H,7H2,1H3. The van der Waals surface area contributed by atoms with Crippen molar-refractivity contribution < 1.29 is 0 Å². The van der Waals surface area contributed by atoms with Gasteiger partial charge in [0.1, 0.15) is 5.65 Å². The number of pyridine rings is 2. The molecule has 0 saturated carbocycles. The van der Waals surface area contributed by atoms with Crippen LogP contribution in [0.5, 0.6) is 0 Å². The van der Waals surface area contributed by atoms with Gasteiger partial charge in [0.25, 0.3) is 5.56 Å². The van der Waals surface area contributed by atoms with Gasteiger partial charge >= 0.3 is 0 Å². The summed E-state index contributed by atoms with van der Waals surface area (Å²) >= 11 is 1.61. The van der Waals surface area contributed by atoms with Gasteiger partial charge in [-0.25, -0.2) is 4.98 Å². The third-order valence-corrected chi connectivity index (χ3v) is 2.52. The van der Waals surface area contributed by atoms with E-state index < -0.39 is 0 Å². The van der Waals surface area contributed by atoms with Gasteiger partial charge in [0.2, 0.25) is 0 Å². The molecule has 4 heteroatoms. The summed E-state index contributed by atoms with van der Waals surface area (Å²) in [6.07, 6.45) is 3.67. The third kappa shape index (κ3) is 1.53. The normalized spacial score (nSPS) is 10.6. The highest BCUT2D eigenvalue weighted by molar-refractivity contribution is 7.97. The van der Waals surface area contributed by atoms with Crippen molar-refractivity contribution in [3.05, 3.63) is 40.8 Å². The lowest BCUT2D eigenvalue weighted by Gasteiger charge is -2.06. The summed E-state index contributed by atoms with van der Waals surface area (Å²) in [5.41, 5.74) is 0.764. The van der Waals surface area contributed by atoms with Gasteiger partial charge in [0.05, 0.1) is 5.88 Å². The van der Waals surface area contributed by atoms with Crippen LogP contribution in [0.25, 0.3) is 11.0 Å². The second-order valence-corrected chi connectivity index (χ2v) is 3.77. The Balaban J connectivity index is 2.76. The average Bonchev–Trinajstić information content (AvgIpc) is 2.23. The number of rotatable bonds is 2. The SMILES string of the molecule is CSCn1c(=O)ccc2cccnc21. The van der Waals surface area contributed by atoms with Crippen LogP contribution in [0.15, 0.2) is 35.3 Å². The Morgan fingerprint density at radius 3 is 3.07 bits per heavy atom. The summed E-state index contributed by atoms with van der Waals surface area (Å²) in [5, 5.41) is 1.00. The molecule has 0 saturated heterocycles.